The first-order valence-corrected chi connectivity index (χ1v) is 7.61. The van der Waals surface area contributed by atoms with Gasteiger partial charge in [0, 0.05) is 6.42 Å². The molecule has 0 spiro atoms. The van der Waals surface area contributed by atoms with Crippen LogP contribution in [0.1, 0.15) is 17.2 Å². The van der Waals surface area contributed by atoms with Crippen LogP contribution >= 0.6 is 0 Å². The zero-order valence-electron chi connectivity index (χ0n) is 11.1. The Morgan fingerprint density at radius 3 is 2.86 bits per heavy atom. The Kier molecular flexibility index (Phi) is 3.06. The third kappa shape index (κ3) is 2.21. The van der Waals surface area contributed by atoms with Gasteiger partial charge in [0.25, 0.3) is 10.0 Å². The van der Waals surface area contributed by atoms with Crippen molar-refractivity contribution in [1.82, 2.24) is 24.2 Å². The summed E-state index contributed by atoms with van der Waals surface area (Å²) in [5.74, 6) is -0.761. The highest BCUT2D eigenvalue weighted by atomic mass is 32.2. The molecule has 0 saturated heterocycles. The van der Waals surface area contributed by atoms with E-state index in [4.69, 9.17) is 0 Å². The lowest BCUT2D eigenvalue weighted by molar-refractivity contribution is -0.141. The highest BCUT2D eigenvalue weighted by molar-refractivity contribution is 7.89. The van der Waals surface area contributed by atoms with Crippen molar-refractivity contribution in [2.45, 2.75) is 31.0 Å². The number of H-pyrrole nitrogens is 2. The predicted octanol–water partition coefficient (Wildman–Crippen LogP) is -0.359. The summed E-state index contributed by atoms with van der Waals surface area (Å²) in [5.41, 5.74) is 1.18. The van der Waals surface area contributed by atoms with Crippen LogP contribution in [-0.2, 0) is 27.8 Å². The van der Waals surface area contributed by atoms with Crippen molar-refractivity contribution in [3.05, 3.63) is 29.7 Å². The van der Waals surface area contributed by atoms with Crippen LogP contribution in [0.2, 0.25) is 0 Å². The molecule has 9 nitrogen and oxygen atoms in total. The van der Waals surface area contributed by atoms with Crippen LogP contribution in [0.4, 0.5) is 0 Å². The van der Waals surface area contributed by atoms with E-state index in [0.717, 1.165) is 4.31 Å². The predicted molar refractivity (Wildman–Crippen MR) is 69.8 cm³/mol. The average molecular weight is 311 g/mol. The molecule has 3 rings (SSSR count). The number of fused-ring (bicyclic) bond motifs is 1. The molecule has 0 saturated carbocycles. The minimum Gasteiger partial charge on any atom is -0.480 e. The summed E-state index contributed by atoms with van der Waals surface area (Å²) in [7, 11) is -3.97. The van der Waals surface area contributed by atoms with Gasteiger partial charge < -0.3 is 15.1 Å². The van der Waals surface area contributed by atoms with Crippen LogP contribution < -0.4 is 0 Å². The summed E-state index contributed by atoms with van der Waals surface area (Å²) in [4.78, 5) is 24.8. The van der Waals surface area contributed by atoms with E-state index in [-0.39, 0.29) is 18.0 Å². The zero-order chi connectivity index (χ0) is 15.2. The summed E-state index contributed by atoms with van der Waals surface area (Å²) >= 11 is 0. The van der Waals surface area contributed by atoms with Gasteiger partial charge in [0.15, 0.2) is 5.03 Å². The molecule has 0 fully saturated rings. The molecular weight excluding hydrogens is 298 g/mol. The number of aliphatic carboxylic acids is 1. The molecule has 0 bridgehead atoms. The van der Waals surface area contributed by atoms with E-state index in [1.54, 1.807) is 6.92 Å². The summed E-state index contributed by atoms with van der Waals surface area (Å²) in [6.45, 7) is 1.56. The molecule has 3 heterocycles. The summed E-state index contributed by atoms with van der Waals surface area (Å²) in [6.07, 6.45) is 2.65. The molecule has 1 aliphatic heterocycles. The number of hydrogen-bond donors (Lipinski definition) is 3. The minimum absolute atomic E-state index is 0.0283. The van der Waals surface area contributed by atoms with Crippen molar-refractivity contribution in [1.29, 1.82) is 0 Å². The fraction of sp³-hybridized carbons (Fsp3) is 0.364. The molecule has 21 heavy (non-hydrogen) atoms. The number of nitrogens with zero attached hydrogens (tertiary/aromatic N) is 3. The molecule has 1 aliphatic rings. The number of aromatic nitrogens is 4. The van der Waals surface area contributed by atoms with E-state index in [1.807, 2.05) is 0 Å². The van der Waals surface area contributed by atoms with Gasteiger partial charge in [-0.1, -0.05) is 0 Å². The maximum Gasteiger partial charge on any atom is 0.322 e. The number of carbonyl (C=O) groups is 1. The van der Waals surface area contributed by atoms with Crippen LogP contribution in [0.25, 0.3) is 0 Å². The molecule has 3 N–H and O–H groups in total. The number of sulfonamides is 1. The number of nitrogens with one attached hydrogen (secondary N) is 2. The van der Waals surface area contributed by atoms with Gasteiger partial charge in [-0.05, 0) is 6.92 Å². The number of hydrogen-bond acceptors (Lipinski definition) is 5. The van der Waals surface area contributed by atoms with Crippen molar-refractivity contribution >= 4 is 16.0 Å². The third-order valence-corrected chi connectivity index (χ3v) is 5.17. The number of carboxylic acids is 1. The van der Waals surface area contributed by atoms with Crippen molar-refractivity contribution in [2.24, 2.45) is 0 Å². The zero-order valence-corrected chi connectivity index (χ0v) is 11.9. The lowest BCUT2D eigenvalue weighted by Crippen LogP contribution is -2.48. The van der Waals surface area contributed by atoms with Gasteiger partial charge in [0.1, 0.15) is 11.9 Å². The highest BCUT2D eigenvalue weighted by Crippen LogP contribution is 2.26. The maximum absolute atomic E-state index is 12.6. The number of imidazole rings is 2. The normalized spacial score (nSPS) is 19.4. The van der Waals surface area contributed by atoms with E-state index in [2.05, 4.69) is 19.9 Å². The van der Waals surface area contributed by atoms with E-state index in [9.17, 15) is 18.3 Å². The molecule has 10 heteroatoms. The summed E-state index contributed by atoms with van der Waals surface area (Å²) in [6, 6.07) is -1.19. The van der Waals surface area contributed by atoms with Crippen LogP contribution in [0, 0.1) is 6.92 Å². The Morgan fingerprint density at radius 1 is 1.48 bits per heavy atom. The fourth-order valence-electron chi connectivity index (χ4n) is 2.33. The summed E-state index contributed by atoms with van der Waals surface area (Å²) < 4.78 is 26.2. The van der Waals surface area contributed by atoms with Gasteiger partial charge in [-0.3, -0.25) is 4.79 Å². The Bertz CT molecular complexity index is 793. The van der Waals surface area contributed by atoms with E-state index in [1.165, 1.54) is 12.5 Å². The SMILES string of the molecule is Cc1ncc(S(=O)(=O)N2Cc3[nH]cnc3CC2C(=O)O)[nH]1. The van der Waals surface area contributed by atoms with Crippen LogP contribution in [0.3, 0.4) is 0 Å². The number of aromatic amines is 2. The Morgan fingerprint density at radius 2 is 2.24 bits per heavy atom. The fourth-order valence-corrected chi connectivity index (χ4v) is 3.85. The Balaban J connectivity index is 2.05. The molecule has 1 unspecified atom stereocenters. The smallest absolute Gasteiger partial charge is 0.322 e. The van der Waals surface area contributed by atoms with Gasteiger partial charge in [-0.25, -0.2) is 18.4 Å². The Labute approximate surface area is 120 Å². The molecule has 2 aromatic rings. The van der Waals surface area contributed by atoms with Gasteiger partial charge >= 0.3 is 5.97 Å². The molecule has 112 valence electrons. The second-order valence-electron chi connectivity index (χ2n) is 4.77. The van der Waals surface area contributed by atoms with Gasteiger partial charge in [0.05, 0.1) is 30.5 Å². The van der Waals surface area contributed by atoms with Gasteiger partial charge in [-0.2, -0.15) is 4.31 Å². The highest BCUT2D eigenvalue weighted by Gasteiger charge is 2.41. The molecule has 0 aliphatic carbocycles. The average Bonchev–Trinajstić information content (AvgIpc) is 3.05. The van der Waals surface area contributed by atoms with Crippen molar-refractivity contribution in [3.8, 4) is 0 Å². The lowest BCUT2D eigenvalue weighted by atomic mass is 10.1. The summed E-state index contributed by atoms with van der Waals surface area (Å²) in [5, 5.41) is 9.20. The molecule has 2 aromatic heterocycles. The number of carboxylic acid groups (broad SMARTS) is 1. The van der Waals surface area contributed by atoms with Gasteiger partial charge in [-0.15, -0.1) is 0 Å². The first-order valence-electron chi connectivity index (χ1n) is 6.17. The third-order valence-electron chi connectivity index (χ3n) is 3.41. The maximum atomic E-state index is 12.6. The van der Waals surface area contributed by atoms with Crippen molar-refractivity contribution in [2.75, 3.05) is 0 Å². The molecular formula is C11H13N5O4S. The van der Waals surface area contributed by atoms with Crippen LogP contribution in [0.5, 0.6) is 0 Å². The molecule has 0 aromatic carbocycles. The van der Waals surface area contributed by atoms with Crippen molar-refractivity contribution < 1.29 is 18.3 Å². The largest absolute Gasteiger partial charge is 0.480 e. The number of rotatable bonds is 3. The minimum atomic E-state index is -3.97. The lowest BCUT2D eigenvalue weighted by Gasteiger charge is -2.30. The van der Waals surface area contributed by atoms with Gasteiger partial charge in [0.2, 0.25) is 0 Å². The molecule has 1 atom stereocenters. The Hall–Kier alpha value is -2.20. The standard InChI is InChI=1S/C11H13N5O4S/c1-6-12-3-10(15-6)21(19,20)16-4-8-7(13-5-14-8)2-9(16)11(17)18/h3,5,9H,2,4H2,1H3,(H,12,15)(H,13,14)(H,17,18). The second kappa shape index (κ2) is 4.67. The van der Waals surface area contributed by atoms with E-state index in [0.29, 0.717) is 17.2 Å². The van der Waals surface area contributed by atoms with E-state index >= 15 is 0 Å². The molecule has 0 amide bonds. The first-order chi connectivity index (χ1) is 9.89. The number of aryl methyl sites for hydroxylation is 1. The second-order valence-corrected chi connectivity index (χ2v) is 6.63. The quantitative estimate of drug-likeness (QED) is 0.709. The van der Waals surface area contributed by atoms with Crippen LogP contribution in [-0.4, -0.2) is 49.8 Å². The topological polar surface area (TPSA) is 132 Å². The van der Waals surface area contributed by atoms with Crippen molar-refractivity contribution in [3.63, 3.8) is 0 Å². The van der Waals surface area contributed by atoms with Crippen LogP contribution in [0.15, 0.2) is 17.6 Å². The van der Waals surface area contributed by atoms with E-state index < -0.39 is 22.0 Å². The monoisotopic (exact) mass is 311 g/mol. The first kappa shape index (κ1) is 13.8. The molecule has 0 radical (unpaired) electrons.